The topological polar surface area (TPSA) is 394 Å². The number of hydrogen-bond acceptors (Lipinski definition) is 26. The van der Waals surface area contributed by atoms with E-state index in [-0.39, 0.29) is 66.1 Å². The lowest BCUT2D eigenvalue weighted by molar-refractivity contribution is -0.256. The van der Waals surface area contributed by atoms with E-state index in [1.807, 2.05) is 0 Å². The predicted molar refractivity (Wildman–Crippen MR) is 228 cm³/mol. The second-order valence-electron chi connectivity index (χ2n) is 18.5. The summed E-state index contributed by atoms with van der Waals surface area (Å²) in [6.45, 7) is -4.69. The standard InChI is InChI=1S/C43H78O26/c1-58-8-19-24(4-44)66-30(40(54)34(19)48)16-63-12-23-28(14-64-18-32-41(55)35(49)20(9-59-2)25(5-45)67-32)69-33(43(57)38(23)52)17-62-11-22-27(7-47)68-31(42(56)37(22)51)15-61-10-21-26(6-46)65-29(13-60-3)39(53)36(21)50/h19-57H,4-18H2,1-3H3/t19-,20-,21-,22-,23-,24?,25?,26?,27?,28?,29?,30?,31?,32?,33?,34-,35-,36-,37-,38-,39-,40-,41-,42-,43-/m1/s1. The van der Waals surface area contributed by atoms with Crippen LogP contribution in [0.25, 0.3) is 0 Å². The summed E-state index contributed by atoms with van der Waals surface area (Å²) in [5.41, 5.74) is 0. The van der Waals surface area contributed by atoms with Crippen LogP contribution in [0, 0.1) is 29.6 Å². The van der Waals surface area contributed by atoms with Crippen molar-refractivity contribution >= 4 is 0 Å². The number of aliphatic hydroxyl groups excluding tert-OH is 14. The molecule has 0 aliphatic carbocycles. The third-order valence-corrected chi connectivity index (χ3v) is 14.1. The van der Waals surface area contributed by atoms with Crippen molar-refractivity contribution in [3.8, 4) is 0 Å². The SMILES string of the molecule is COCC1OC(CO)[C@@H](COCC2OC(CO)[C@@H](COCC3OC(COCC4OC(CO)[C@@H](COC)[C@@H](O)[C@@H]4O)[C@@H](COCC4OC(CO)[C@@H](COC)[C@@H](O)[C@@H]4O)[C@@H](O)[C@@H]3O)[C@@H](O)[C@@H]2O)[C@@H](O)[C@@H]1O. The van der Waals surface area contributed by atoms with E-state index in [2.05, 4.69) is 0 Å². The quantitative estimate of drug-likeness (QED) is 0.0383. The minimum Gasteiger partial charge on any atom is -0.394 e. The summed E-state index contributed by atoms with van der Waals surface area (Å²) in [5.74, 6) is -4.39. The largest absolute Gasteiger partial charge is 0.394 e. The van der Waals surface area contributed by atoms with Gasteiger partial charge in [0.2, 0.25) is 0 Å². The van der Waals surface area contributed by atoms with Gasteiger partial charge in [0.15, 0.2) is 0 Å². The first-order valence-corrected chi connectivity index (χ1v) is 23.4. The van der Waals surface area contributed by atoms with Crippen LogP contribution >= 0.6 is 0 Å². The summed E-state index contributed by atoms with van der Waals surface area (Å²) >= 11 is 0. The molecule has 26 heteroatoms. The summed E-state index contributed by atoms with van der Waals surface area (Å²) in [4.78, 5) is 0. The fourth-order valence-electron chi connectivity index (χ4n) is 9.90. The highest BCUT2D eigenvalue weighted by molar-refractivity contribution is 4.97. The summed E-state index contributed by atoms with van der Waals surface area (Å²) in [6.07, 6.45) is -24.8. The molecule has 0 amide bonds. The molecule has 5 heterocycles. The van der Waals surface area contributed by atoms with Crippen molar-refractivity contribution in [2.24, 2.45) is 29.6 Å². The van der Waals surface area contributed by atoms with Crippen molar-refractivity contribution in [3.05, 3.63) is 0 Å². The summed E-state index contributed by atoms with van der Waals surface area (Å²) in [7, 11) is 4.19. The van der Waals surface area contributed by atoms with Crippen LogP contribution in [-0.4, -0.2) is 314 Å². The average Bonchev–Trinajstić information content (AvgIpc) is 3.34. The Balaban J connectivity index is 1.19. The van der Waals surface area contributed by atoms with Crippen LogP contribution in [0.4, 0.5) is 0 Å². The molecule has 26 nitrogen and oxygen atoms in total. The number of methoxy groups -OCH3 is 3. The molecule has 5 aliphatic heterocycles. The average molecular weight is 1010 g/mol. The number of ether oxygens (including phenoxy) is 12. The Labute approximate surface area is 400 Å². The minimum atomic E-state index is -1.61. The lowest BCUT2D eigenvalue weighted by Gasteiger charge is -2.45. The second-order valence-corrected chi connectivity index (χ2v) is 18.5. The molecular weight excluding hydrogens is 932 g/mol. The van der Waals surface area contributed by atoms with E-state index >= 15 is 0 Å². The third kappa shape index (κ3) is 14.4. The first kappa shape index (κ1) is 58.8. The smallest absolute Gasteiger partial charge is 0.110 e. The van der Waals surface area contributed by atoms with E-state index in [4.69, 9.17) is 56.8 Å². The second kappa shape index (κ2) is 28.6. The van der Waals surface area contributed by atoms with Gasteiger partial charge in [-0.05, 0) is 0 Å². The molecular formula is C43H78O26. The van der Waals surface area contributed by atoms with Crippen LogP contribution in [-0.2, 0) is 56.8 Å². The number of aliphatic hydroxyl groups is 14. The zero-order chi connectivity index (χ0) is 50.5. The summed E-state index contributed by atoms with van der Waals surface area (Å²) in [6, 6.07) is 0. The van der Waals surface area contributed by atoms with E-state index in [1.54, 1.807) is 0 Å². The maximum absolute atomic E-state index is 11.5. The van der Waals surface area contributed by atoms with Gasteiger partial charge in [-0.25, -0.2) is 0 Å². The Morgan fingerprint density at radius 2 is 0.449 bits per heavy atom. The lowest BCUT2D eigenvalue weighted by atomic mass is 9.86. The Bertz CT molecular complexity index is 1420. The molecule has 0 aromatic rings. The van der Waals surface area contributed by atoms with Gasteiger partial charge in [-0.1, -0.05) is 0 Å². The molecule has 5 saturated heterocycles. The van der Waals surface area contributed by atoms with Crippen LogP contribution in [0.1, 0.15) is 0 Å². The van der Waals surface area contributed by atoms with Crippen LogP contribution in [0.5, 0.6) is 0 Å². The van der Waals surface area contributed by atoms with Gasteiger partial charge in [0.25, 0.3) is 0 Å². The number of rotatable bonds is 26. The van der Waals surface area contributed by atoms with Gasteiger partial charge in [-0.3, -0.25) is 0 Å². The van der Waals surface area contributed by atoms with Gasteiger partial charge in [-0.2, -0.15) is 0 Å². The maximum Gasteiger partial charge on any atom is 0.110 e. The Morgan fingerprint density at radius 3 is 0.710 bits per heavy atom. The van der Waals surface area contributed by atoms with Gasteiger partial charge >= 0.3 is 0 Å². The molecule has 0 radical (unpaired) electrons. The van der Waals surface area contributed by atoms with E-state index in [0.717, 1.165) is 0 Å². The molecule has 25 atom stereocenters. The number of hydrogen-bond donors (Lipinski definition) is 14. The van der Waals surface area contributed by atoms with Crippen LogP contribution in [0.15, 0.2) is 0 Å². The van der Waals surface area contributed by atoms with Gasteiger partial charge < -0.3 is 128 Å². The van der Waals surface area contributed by atoms with Gasteiger partial charge in [0.1, 0.15) is 61.0 Å². The van der Waals surface area contributed by atoms with Gasteiger partial charge in [-0.15, -0.1) is 0 Å². The first-order chi connectivity index (χ1) is 33.1. The molecule has 406 valence electrons. The molecule has 5 aliphatic rings. The fourth-order valence-corrected chi connectivity index (χ4v) is 9.90. The van der Waals surface area contributed by atoms with E-state index < -0.39 is 185 Å². The molecule has 69 heavy (non-hydrogen) atoms. The van der Waals surface area contributed by atoms with Gasteiger partial charge in [0, 0.05) is 50.9 Å². The highest BCUT2D eigenvalue weighted by atomic mass is 16.6. The first-order valence-electron chi connectivity index (χ1n) is 23.4. The molecule has 0 spiro atoms. The van der Waals surface area contributed by atoms with E-state index in [1.165, 1.54) is 21.3 Å². The van der Waals surface area contributed by atoms with Crippen LogP contribution in [0.3, 0.4) is 0 Å². The highest BCUT2D eigenvalue weighted by Crippen LogP contribution is 2.33. The lowest BCUT2D eigenvalue weighted by Crippen LogP contribution is -2.60. The van der Waals surface area contributed by atoms with Crippen molar-refractivity contribution < 1.29 is 128 Å². The van der Waals surface area contributed by atoms with E-state index in [9.17, 15) is 71.5 Å². The molecule has 10 unspecified atom stereocenters. The fraction of sp³-hybridized carbons (Fsp3) is 1.00. The van der Waals surface area contributed by atoms with Crippen LogP contribution in [0.2, 0.25) is 0 Å². The molecule has 0 aromatic heterocycles. The molecule has 14 N–H and O–H groups in total. The van der Waals surface area contributed by atoms with Crippen molar-refractivity contribution in [1.29, 1.82) is 0 Å². The van der Waals surface area contributed by atoms with Crippen molar-refractivity contribution in [3.63, 3.8) is 0 Å². The van der Waals surface area contributed by atoms with Crippen molar-refractivity contribution in [1.82, 2.24) is 0 Å². The summed E-state index contributed by atoms with van der Waals surface area (Å²) < 4.78 is 68.1. The monoisotopic (exact) mass is 1010 g/mol. The summed E-state index contributed by atoms with van der Waals surface area (Å²) in [5, 5.41) is 149. The molecule has 0 saturated carbocycles. The van der Waals surface area contributed by atoms with Gasteiger partial charge in [0.05, 0.1) is 160 Å². The predicted octanol–water partition coefficient (Wildman–Crippen LogP) is -8.51. The third-order valence-electron chi connectivity index (χ3n) is 14.1. The van der Waals surface area contributed by atoms with Crippen molar-refractivity contribution in [2.45, 2.75) is 122 Å². The zero-order valence-corrected chi connectivity index (χ0v) is 39.2. The zero-order valence-electron chi connectivity index (χ0n) is 39.2. The van der Waals surface area contributed by atoms with Crippen LogP contribution < -0.4 is 0 Å². The Hall–Kier alpha value is -1.04. The molecule has 0 bridgehead atoms. The van der Waals surface area contributed by atoms with E-state index in [0.29, 0.717) is 0 Å². The Kier molecular flexibility index (Phi) is 24.4. The van der Waals surface area contributed by atoms with Crippen molar-refractivity contribution in [2.75, 3.05) is 120 Å². The normalized spacial score (nSPS) is 45.4. The molecule has 0 aromatic carbocycles. The minimum absolute atomic E-state index is 0.000583. The molecule has 5 rings (SSSR count). The highest BCUT2D eigenvalue weighted by Gasteiger charge is 2.50. The molecule has 5 fully saturated rings. The maximum atomic E-state index is 11.5. The Morgan fingerprint density at radius 1 is 0.246 bits per heavy atom.